The normalized spacial score (nSPS) is 12.8. The molecule has 7 nitrogen and oxygen atoms in total. The number of hydrogen-bond donors (Lipinski definition) is 1. The summed E-state index contributed by atoms with van der Waals surface area (Å²) in [5.74, 6) is -0.704. The predicted molar refractivity (Wildman–Crippen MR) is 156 cm³/mol. The second-order valence-electron chi connectivity index (χ2n) is 9.92. The zero-order valence-corrected chi connectivity index (χ0v) is 24.2. The highest BCUT2D eigenvalue weighted by atomic mass is 32.2. The smallest absolute Gasteiger partial charge is 0.264 e. The molecular weight excluding hydrogens is 510 g/mol. The first-order valence-corrected chi connectivity index (χ1v) is 14.8. The van der Waals surface area contributed by atoms with Crippen LogP contribution < -0.4 is 9.62 Å². The highest BCUT2D eigenvalue weighted by Crippen LogP contribution is 2.25. The quantitative estimate of drug-likeness (QED) is 0.336. The molecule has 0 aliphatic carbocycles. The van der Waals surface area contributed by atoms with E-state index in [1.54, 1.807) is 36.4 Å². The van der Waals surface area contributed by atoms with Crippen LogP contribution in [0.15, 0.2) is 83.8 Å². The van der Waals surface area contributed by atoms with Gasteiger partial charge in [-0.2, -0.15) is 0 Å². The number of benzene rings is 3. The summed E-state index contributed by atoms with van der Waals surface area (Å²) >= 11 is 0. The lowest BCUT2D eigenvalue weighted by Crippen LogP contribution is -2.53. The van der Waals surface area contributed by atoms with Gasteiger partial charge in [0.05, 0.1) is 10.6 Å². The van der Waals surface area contributed by atoms with Gasteiger partial charge in [0.25, 0.3) is 10.0 Å². The second-order valence-corrected chi connectivity index (χ2v) is 11.8. The highest BCUT2D eigenvalue weighted by molar-refractivity contribution is 7.92. The van der Waals surface area contributed by atoms with Crippen molar-refractivity contribution in [2.75, 3.05) is 10.8 Å². The van der Waals surface area contributed by atoms with Gasteiger partial charge in [0.15, 0.2) is 0 Å². The Kier molecular flexibility index (Phi) is 10.3. The van der Waals surface area contributed by atoms with Crippen LogP contribution in [-0.2, 0) is 26.2 Å². The fraction of sp³-hybridized carbons (Fsp3) is 0.355. The topological polar surface area (TPSA) is 86.8 Å². The van der Waals surface area contributed by atoms with Gasteiger partial charge in [-0.05, 0) is 69.0 Å². The Bertz CT molecular complexity index is 1380. The van der Waals surface area contributed by atoms with Crippen LogP contribution in [0.5, 0.6) is 0 Å². The average Bonchev–Trinajstić information content (AvgIpc) is 2.91. The molecule has 3 aromatic carbocycles. The predicted octanol–water partition coefficient (Wildman–Crippen LogP) is 5.22. The Labute approximate surface area is 232 Å². The molecule has 0 unspecified atom stereocenters. The van der Waals surface area contributed by atoms with E-state index in [4.69, 9.17) is 0 Å². The van der Waals surface area contributed by atoms with Crippen LogP contribution in [0.2, 0.25) is 0 Å². The molecule has 208 valence electrons. The molecule has 1 N–H and O–H groups in total. The molecule has 0 heterocycles. The number of nitrogens with one attached hydrogen (secondary N) is 1. The molecule has 0 spiro atoms. The fourth-order valence-corrected chi connectivity index (χ4v) is 5.83. The highest BCUT2D eigenvalue weighted by Gasteiger charge is 2.34. The van der Waals surface area contributed by atoms with Gasteiger partial charge in [0.2, 0.25) is 11.8 Å². The van der Waals surface area contributed by atoms with Crippen LogP contribution in [-0.4, -0.2) is 43.8 Å². The monoisotopic (exact) mass is 549 g/mol. The van der Waals surface area contributed by atoms with E-state index in [1.165, 1.54) is 17.0 Å². The van der Waals surface area contributed by atoms with Crippen molar-refractivity contribution in [2.24, 2.45) is 0 Å². The zero-order valence-electron chi connectivity index (χ0n) is 23.4. The Hall–Kier alpha value is -3.65. The third-order valence-electron chi connectivity index (χ3n) is 6.72. The Morgan fingerprint density at radius 2 is 1.49 bits per heavy atom. The number of nitrogens with zero attached hydrogens (tertiary/aromatic N) is 2. The van der Waals surface area contributed by atoms with Crippen LogP contribution in [0.1, 0.15) is 50.3 Å². The number of aryl methyl sites for hydroxylation is 2. The molecule has 0 fully saturated rings. The van der Waals surface area contributed by atoms with Crippen molar-refractivity contribution in [3.63, 3.8) is 0 Å². The Morgan fingerprint density at radius 1 is 0.846 bits per heavy atom. The minimum Gasteiger partial charge on any atom is -0.352 e. The van der Waals surface area contributed by atoms with Crippen LogP contribution in [0.25, 0.3) is 0 Å². The van der Waals surface area contributed by atoms with Gasteiger partial charge in [-0.25, -0.2) is 8.42 Å². The molecule has 0 aromatic heterocycles. The first kappa shape index (κ1) is 29.9. The van der Waals surface area contributed by atoms with E-state index in [9.17, 15) is 18.0 Å². The Balaban J connectivity index is 2.05. The summed E-state index contributed by atoms with van der Waals surface area (Å²) < 4.78 is 28.8. The van der Waals surface area contributed by atoms with E-state index < -0.39 is 28.5 Å². The summed E-state index contributed by atoms with van der Waals surface area (Å²) in [5, 5.41) is 3.00. The molecule has 0 aliphatic rings. The molecule has 0 radical (unpaired) electrons. The summed E-state index contributed by atoms with van der Waals surface area (Å²) in [6, 6.07) is 22.1. The van der Waals surface area contributed by atoms with Gasteiger partial charge in [-0.15, -0.1) is 0 Å². The molecule has 2 atom stereocenters. The molecule has 3 aromatic rings. The van der Waals surface area contributed by atoms with Gasteiger partial charge in [-0.1, -0.05) is 74.0 Å². The van der Waals surface area contributed by atoms with E-state index >= 15 is 0 Å². The molecule has 0 saturated heterocycles. The lowest BCUT2D eigenvalue weighted by atomic mass is 10.1. The summed E-state index contributed by atoms with van der Waals surface area (Å²) in [4.78, 5) is 29.0. The molecule has 0 saturated carbocycles. The third-order valence-corrected chi connectivity index (χ3v) is 8.51. The first-order chi connectivity index (χ1) is 18.6. The van der Waals surface area contributed by atoms with Gasteiger partial charge in [-0.3, -0.25) is 13.9 Å². The largest absolute Gasteiger partial charge is 0.352 e. The maximum Gasteiger partial charge on any atom is 0.264 e. The number of rotatable bonds is 12. The molecule has 3 rings (SSSR count). The van der Waals surface area contributed by atoms with Crippen molar-refractivity contribution >= 4 is 27.5 Å². The fourth-order valence-electron chi connectivity index (χ4n) is 4.40. The second kappa shape index (κ2) is 13.4. The average molecular weight is 550 g/mol. The molecule has 0 bridgehead atoms. The Morgan fingerprint density at radius 3 is 2.08 bits per heavy atom. The van der Waals surface area contributed by atoms with Gasteiger partial charge < -0.3 is 10.2 Å². The van der Waals surface area contributed by atoms with Crippen LogP contribution in [0.3, 0.4) is 0 Å². The van der Waals surface area contributed by atoms with Crippen LogP contribution >= 0.6 is 0 Å². The lowest BCUT2D eigenvalue weighted by molar-refractivity contribution is -0.140. The molecular formula is C31H39N3O4S. The van der Waals surface area contributed by atoms with E-state index in [1.807, 2.05) is 65.0 Å². The minimum absolute atomic E-state index is 0.0512. The number of amides is 2. The van der Waals surface area contributed by atoms with E-state index in [-0.39, 0.29) is 23.4 Å². The SMILES string of the molecule is CC[C@@H](C)NC(=O)[C@@H](CC)N(Cc1cccc(C)c1)C(=O)CN(c1cccc(C)c1)S(=O)(=O)c1ccccc1. The summed E-state index contributed by atoms with van der Waals surface area (Å²) in [7, 11) is -4.07. The lowest BCUT2D eigenvalue weighted by Gasteiger charge is -2.34. The van der Waals surface area contributed by atoms with Crippen molar-refractivity contribution in [1.29, 1.82) is 0 Å². The van der Waals surface area contributed by atoms with E-state index in [2.05, 4.69) is 5.32 Å². The number of sulfonamides is 1. The van der Waals surface area contributed by atoms with Crippen molar-refractivity contribution < 1.29 is 18.0 Å². The van der Waals surface area contributed by atoms with E-state index in [0.29, 0.717) is 12.1 Å². The van der Waals surface area contributed by atoms with Crippen molar-refractivity contribution in [2.45, 2.75) is 71.0 Å². The number of hydrogen-bond acceptors (Lipinski definition) is 4. The molecule has 0 aliphatic heterocycles. The van der Waals surface area contributed by atoms with Gasteiger partial charge in [0, 0.05) is 12.6 Å². The van der Waals surface area contributed by atoms with Crippen LogP contribution in [0, 0.1) is 13.8 Å². The minimum atomic E-state index is -4.07. The standard InChI is InChI=1S/C31H39N3O4S/c1-6-25(5)32-31(36)29(7-2)33(21-26-15-11-13-23(3)19-26)30(35)22-34(27-16-12-14-24(4)20-27)39(37,38)28-17-9-8-10-18-28/h8-20,25,29H,6-7,21-22H2,1-5H3,(H,32,36)/t25-,29-/m1/s1. The van der Waals surface area contributed by atoms with E-state index in [0.717, 1.165) is 27.4 Å². The number of carbonyl (C=O) groups excluding carboxylic acids is 2. The van der Waals surface area contributed by atoms with Crippen LogP contribution in [0.4, 0.5) is 5.69 Å². The number of anilines is 1. The van der Waals surface area contributed by atoms with Crippen molar-refractivity contribution in [3.05, 3.63) is 95.6 Å². The summed E-state index contributed by atoms with van der Waals surface area (Å²) in [5.41, 5.74) is 3.15. The molecule has 39 heavy (non-hydrogen) atoms. The van der Waals surface area contributed by atoms with Gasteiger partial charge >= 0.3 is 0 Å². The van der Waals surface area contributed by atoms with Gasteiger partial charge in [0.1, 0.15) is 12.6 Å². The van der Waals surface area contributed by atoms with Crippen molar-refractivity contribution in [3.8, 4) is 0 Å². The first-order valence-electron chi connectivity index (χ1n) is 13.4. The molecule has 2 amide bonds. The summed E-state index contributed by atoms with van der Waals surface area (Å²) in [6.07, 6.45) is 1.14. The zero-order chi connectivity index (χ0) is 28.6. The summed E-state index contributed by atoms with van der Waals surface area (Å²) in [6.45, 7) is 9.33. The number of carbonyl (C=O) groups is 2. The maximum atomic E-state index is 14.1. The maximum absolute atomic E-state index is 14.1. The third kappa shape index (κ3) is 7.69. The molecule has 8 heteroatoms. The van der Waals surface area contributed by atoms with Crippen molar-refractivity contribution in [1.82, 2.24) is 10.2 Å².